The minimum atomic E-state index is 0.646. The van der Waals surface area contributed by atoms with E-state index in [4.69, 9.17) is 17.0 Å². The Bertz CT molecular complexity index is 752. The lowest BCUT2D eigenvalue weighted by atomic mass is 10.0. The van der Waals surface area contributed by atoms with Crippen LogP contribution in [-0.2, 0) is 0 Å². The second-order valence-electron chi connectivity index (χ2n) is 7.00. The van der Waals surface area contributed by atoms with E-state index in [2.05, 4.69) is 27.4 Å². The van der Waals surface area contributed by atoms with E-state index in [0.29, 0.717) is 5.11 Å². The van der Waals surface area contributed by atoms with Crippen LogP contribution < -0.4 is 15.4 Å². The van der Waals surface area contributed by atoms with Gasteiger partial charge in [-0.15, -0.1) is 0 Å². The van der Waals surface area contributed by atoms with Crippen molar-refractivity contribution in [2.75, 3.05) is 38.6 Å². The van der Waals surface area contributed by atoms with Gasteiger partial charge < -0.3 is 20.3 Å². The fraction of sp³-hybridized carbons (Fsp3) is 0.500. The molecule has 6 heteroatoms. The monoisotopic (exact) mass is 372 g/mol. The summed E-state index contributed by atoms with van der Waals surface area (Å²) in [6.07, 6.45) is 5.56. The zero-order valence-corrected chi connectivity index (χ0v) is 16.4. The molecule has 1 aromatic carbocycles. The summed E-state index contributed by atoms with van der Waals surface area (Å²) in [4.78, 5) is 6.98. The lowest BCUT2D eigenvalue weighted by Gasteiger charge is -2.30. The van der Waals surface area contributed by atoms with Crippen molar-refractivity contribution < 1.29 is 4.74 Å². The molecule has 1 aromatic heterocycles. The van der Waals surface area contributed by atoms with E-state index in [1.54, 1.807) is 13.3 Å². The number of thiocarbonyl (C=S) groups is 1. The van der Waals surface area contributed by atoms with Gasteiger partial charge in [-0.2, -0.15) is 0 Å². The van der Waals surface area contributed by atoms with Crippen LogP contribution in [0.3, 0.4) is 0 Å². The molecule has 26 heavy (non-hydrogen) atoms. The van der Waals surface area contributed by atoms with Crippen molar-refractivity contribution in [2.45, 2.75) is 26.2 Å². The van der Waals surface area contributed by atoms with E-state index in [0.717, 1.165) is 47.8 Å². The van der Waals surface area contributed by atoms with Crippen LogP contribution in [0.2, 0.25) is 0 Å². The Morgan fingerprint density at radius 2 is 2.27 bits per heavy atom. The number of rotatable bonds is 6. The molecule has 0 unspecified atom stereocenters. The maximum Gasteiger partial charge on any atom is 0.170 e. The van der Waals surface area contributed by atoms with Crippen LogP contribution in [0.5, 0.6) is 5.75 Å². The number of anilines is 1. The molecule has 0 saturated carbocycles. The number of hydrogen-bond donors (Lipinski definition) is 2. The maximum absolute atomic E-state index is 5.46. The van der Waals surface area contributed by atoms with Gasteiger partial charge in [0.15, 0.2) is 5.11 Å². The smallest absolute Gasteiger partial charge is 0.170 e. The van der Waals surface area contributed by atoms with E-state index >= 15 is 0 Å². The van der Waals surface area contributed by atoms with Crippen molar-refractivity contribution in [2.24, 2.45) is 5.92 Å². The van der Waals surface area contributed by atoms with Gasteiger partial charge in [-0.3, -0.25) is 4.98 Å². The largest absolute Gasteiger partial charge is 0.494 e. The molecule has 0 amide bonds. The van der Waals surface area contributed by atoms with Gasteiger partial charge in [-0.05, 0) is 74.8 Å². The first kappa shape index (κ1) is 18.9. The number of pyridine rings is 1. The number of fused-ring (bicyclic) bond motifs is 1. The van der Waals surface area contributed by atoms with E-state index < -0.39 is 0 Å². The molecule has 2 heterocycles. The molecule has 1 saturated heterocycles. The standard InChI is InChI=1S/C20H28N4OS/c1-15-6-4-12-24(14-15)13-5-11-22-20(26)23-17-8-9-18(25-2)19-16(17)7-3-10-21-19/h3,7-10,15H,4-6,11-14H2,1-2H3,(H2,22,23,26)/t15-/m1/s1. The summed E-state index contributed by atoms with van der Waals surface area (Å²) in [6.45, 7) is 6.82. The van der Waals surface area contributed by atoms with Crippen molar-refractivity contribution in [1.82, 2.24) is 15.2 Å². The summed E-state index contributed by atoms with van der Waals surface area (Å²) < 4.78 is 5.39. The van der Waals surface area contributed by atoms with Gasteiger partial charge in [0, 0.05) is 30.4 Å². The van der Waals surface area contributed by atoms with Crippen LogP contribution in [-0.4, -0.2) is 48.3 Å². The van der Waals surface area contributed by atoms with Crippen molar-refractivity contribution in [1.29, 1.82) is 0 Å². The summed E-state index contributed by atoms with van der Waals surface area (Å²) in [7, 11) is 1.66. The van der Waals surface area contributed by atoms with Crippen LogP contribution in [0.15, 0.2) is 30.5 Å². The third-order valence-corrected chi connectivity index (χ3v) is 5.12. The van der Waals surface area contributed by atoms with Gasteiger partial charge in [-0.1, -0.05) is 6.92 Å². The minimum absolute atomic E-state index is 0.646. The molecule has 2 N–H and O–H groups in total. The number of aromatic nitrogens is 1. The Kier molecular flexibility index (Phi) is 6.63. The predicted molar refractivity (Wildman–Crippen MR) is 112 cm³/mol. The van der Waals surface area contributed by atoms with Gasteiger partial charge in [-0.25, -0.2) is 0 Å². The van der Waals surface area contributed by atoms with E-state index in [1.165, 1.54) is 25.9 Å². The molecule has 0 radical (unpaired) electrons. The molecule has 0 aliphatic carbocycles. The fourth-order valence-corrected chi connectivity index (χ4v) is 3.79. The predicted octanol–water partition coefficient (Wildman–Crippen LogP) is 3.65. The zero-order valence-electron chi connectivity index (χ0n) is 15.6. The molecule has 1 fully saturated rings. The highest BCUT2D eigenvalue weighted by Gasteiger charge is 2.15. The number of piperidine rings is 1. The third kappa shape index (κ3) is 4.83. The lowest BCUT2D eigenvalue weighted by Crippen LogP contribution is -2.37. The molecular weight excluding hydrogens is 344 g/mol. The number of nitrogens with zero attached hydrogens (tertiary/aromatic N) is 2. The van der Waals surface area contributed by atoms with Gasteiger partial charge >= 0.3 is 0 Å². The Hall–Kier alpha value is -1.92. The lowest BCUT2D eigenvalue weighted by molar-refractivity contribution is 0.182. The first-order chi connectivity index (χ1) is 12.7. The van der Waals surface area contributed by atoms with Gasteiger partial charge in [0.2, 0.25) is 0 Å². The number of methoxy groups -OCH3 is 1. The summed E-state index contributed by atoms with van der Waals surface area (Å²) >= 11 is 5.46. The van der Waals surface area contributed by atoms with Gasteiger partial charge in [0.05, 0.1) is 7.11 Å². The Labute approximate surface area is 161 Å². The van der Waals surface area contributed by atoms with Gasteiger partial charge in [0.25, 0.3) is 0 Å². The van der Waals surface area contributed by atoms with E-state index in [9.17, 15) is 0 Å². The Balaban J connectivity index is 1.50. The third-order valence-electron chi connectivity index (χ3n) is 4.88. The first-order valence-corrected chi connectivity index (χ1v) is 9.77. The molecule has 1 atom stereocenters. The zero-order chi connectivity index (χ0) is 18.4. The highest BCUT2D eigenvalue weighted by molar-refractivity contribution is 7.80. The number of ether oxygens (including phenoxy) is 1. The summed E-state index contributed by atoms with van der Waals surface area (Å²) in [5.41, 5.74) is 1.78. The number of likely N-dealkylation sites (tertiary alicyclic amines) is 1. The summed E-state index contributed by atoms with van der Waals surface area (Å²) in [6, 6.07) is 7.83. The number of nitrogens with one attached hydrogen (secondary N) is 2. The average molecular weight is 373 g/mol. The second kappa shape index (κ2) is 9.14. The molecule has 0 spiro atoms. The van der Waals surface area contributed by atoms with Crippen LogP contribution in [0, 0.1) is 5.92 Å². The fourth-order valence-electron chi connectivity index (χ4n) is 3.58. The average Bonchev–Trinajstić information content (AvgIpc) is 2.66. The van der Waals surface area contributed by atoms with Crippen LogP contribution in [0.1, 0.15) is 26.2 Å². The molecule has 2 aromatic rings. The maximum atomic E-state index is 5.46. The Morgan fingerprint density at radius 1 is 1.38 bits per heavy atom. The van der Waals surface area contributed by atoms with Crippen LogP contribution in [0.4, 0.5) is 5.69 Å². The van der Waals surface area contributed by atoms with Crippen molar-refractivity contribution in [3.8, 4) is 5.75 Å². The quantitative estimate of drug-likeness (QED) is 0.596. The number of benzene rings is 1. The van der Waals surface area contributed by atoms with Crippen molar-refractivity contribution in [3.05, 3.63) is 30.5 Å². The highest BCUT2D eigenvalue weighted by Crippen LogP contribution is 2.29. The normalized spacial score (nSPS) is 17.8. The molecule has 140 valence electrons. The van der Waals surface area contributed by atoms with Gasteiger partial charge in [0.1, 0.15) is 11.3 Å². The minimum Gasteiger partial charge on any atom is -0.494 e. The summed E-state index contributed by atoms with van der Waals surface area (Å²) in [5, 5.41) is 8.25. The topological polar surface area (TPSA) is 49.4 Å². The van der Waals surface area contributed by atoms with E-state index in [1.807, 2.05) is 24.3 Å². The second-order valence-corrected chi connectivity index (χ2v) is 7.41. The molecule has 5 nitrogen and oxygen atoms in total. The van der Waals surface area contributed by atoms with Crippen LogP contribution in [0.25, 0.3) is 10.9 Å². The molecule has 1 aliphatic heterocycles. The Morgan fingerprint density at radius 3 is 3.08 bits per heavy atom. The van der Waals surface area contributed by atoms with Crippen LogP contribution >= 0.6 is 12.2 Å². The number of hydrogen-bond acceptors (Lipinski definition) is 4. The molecule has 1 aliphatic rings. The first-order valence-electron chi connectivity index (χ1n) is 9.36. The summed E-state index contributed by atoms with van der Waals surface area (Å²) in [5.74, 6) is 1.59. The van der Waals surface area contributed by atoms with Crippen molar-refractivity contribution in [3.63, 3.8) is 0 Å². The SMILES string of the molecule is COc1ccc(NC(=S)NCCCN2CCC[C@@H](C)C2)c2cccnc12. The molecular formula is C20H28N4OS. The molecule has 3 rings (SSSR count). The molecule has 0 bridgehead atoms. The highest BCUT2D eigenvalue weighted by atomic mass is 32.1. The van der Waals surface area contributed by atoms with Crippen molar-refractivity contribution >= 4 is 33.9 Å². The van der Waals surface area contributed by atoms with E-state index in [-0.39, 0.29) is 0 Å².